The number of rotatable bonds is 6. The van der Waals surface area contributed by atoms with Crippen molar-refractivity contribution in [3.63, 3.8) is 0 Å². The molecule has 1 aliphatic rings. The van der Waals surface area contributed by atoms with Crippen LogP contribution in [-0.4, -0.2) is 43.4 Å². The van der Waals surface area contributed by atoms with Gasteiger partial charge in [-0.2, -0.15) is 0 Å². The second-order valence-corrected chi connectivity index (χ2v) is 8.52. The minimum Gasteiger partial charge on any atom is -0.354 e. The van der Waals surface area contributed by atoms with E-state index in [9.17, 15) is 4.79 Å². The molecule has 0 bridgehead atoms. The molecule has 3 rings (SSSR count). The van der Waals surface area contributed by atoms with Gasteiger partial charge in [0.2, 0.25) is 5.91 Å². The van der Waals surface area contributed by atoms with E-state index in [4.69, 9.17) is 0 Å². The molecule has 158 valence electrons. The monoisotopic (exact) mass is 526 g/mol. The summed E-state index contributed by atoms with van der Waals surface area (Å²) in [5.74, 6) is 1.38. The van der Waals surface area contributed by atoms with Crippen LogP contribution in [-0.2, 0) is 11.3 Å². The number of aliphatic imine (C=N–C) groups is 1. The van der Waals surface area contributed by atoms with Crippen molar-refractivity contribution in [2.75, 3.05) is 20.6 Å². The highest BCUT2D eigenvalue weighted by molar-refractivity contribution is 14.0. The maximum atomic E-state index is 11.9. The molecular formula is C22H31IN4OS. The molecular weight excluding hydrogens is 495 g/mol. The van der Waals surface area contributed by atoms with Gasteiger partial charge in [0.05, 0.1) is 6.54 Å². The number of amides is 1. The fraction of sp³-hybridized carbons (Fsp3) is 0.455. The van der Waals surface area contributed by atoms with Crippen LogP contribution in [0, 0.1) is 0 Å². The zero-order chi connectivity index (χ0) is 19.8. The van der Waals surface area contributed by atoms with Gasteiger partial charge in [-0.05, 0) is 48.6 Å². The summed E-state index contributed by atoms with van der Waals surface area (Å²) < 4.78 is 0. The van der Waals surface area contributed by atoms with Crippen molar-refractivity contribution in [3.05, 3.63) is 58.3 Å². The Labute approximate surface area is 195 Å². The molecule has 1 fully saturated rings. The van der Waals surface area contributed by atoms with Crippen LogP contribution in [0.2, 0.25) is 0 Å². The minimum atomic E-state index is 0. The Morgan fingerprint density at radius 2 is 1.83 bits per heavy atom. The number of halogens is 1. The first-order chi connectivity index (χ1) is 13.6. The van der Waals surface area contributed by atoms with Crippen LogP contribution < -0.4 is 10.6 Å². The average molecular weight is 526 g/mol. The molecule has 2 N–H and O–H groups in total. The van der Waals surface area contributed by atoms with E-state index in [1.54, 1.807) is 30.3 Å². The van der Waals surface area contributed by atoms with Gasteiger partial charge in [0.1, 0.15) is 6.54 Å². The number of hydrogen-bond donors (Lipinski definition) is 2. The summed E-state index contributed by atoms with van der Waals surface area (Å²) in [5.41, 5.74) is 1.45. The van der Waals surface area contributed by atoms with E-state index >= 15 is 0 Å². The van der Waals surface area contributed by atoms with Gasteiger partial charge >= 0.3 is 0 Å². The number of carbonyl (C=O) groups is 1. The van der Waals surface area contributed by atoms with Gasteiger partial charge in [-0.15, -0.1) is 35.3 Å². The van der Waals surface area contributed by atoms with E-state index < -0.39 is 0 Å². The molecule has 0 atom stereocenters. The second kappa shape index (κ2) is 12.2. The van der Waals surface area contributed by atoms with E-state index in [1.807, 2.05) is 6.07 Å². The number of likely N-dealkylation sites (N-methyl/N-ethyl adjacent to an activating group) is 1. The van der Waals surface area contributed by atoms with Crippen molar-refractivity contribution in [2.24, 2.45) is 4.99 Å². The van der Waals surface area contributed by atoms with Gasteiger partial charge in [-0.1, -0.05) is 36.4 Å². The van der Waals surface area contributed by atoms with Crippen LogP contribution in [0.5, 0.6) is 0 Å². The summed E-state index contributed by atoms with van der Waals surface area (Å²) in [6.45, 7) is 0.880. The molecule has 29 heavy (non-hydrogen) atoms. The van der Waals surface area contributed by atoms with Gasteiger partial charge in [-0.25, -0.2) is 4.99 Å². The fourth-order valence-electron chi connectivity index (χ4n) is 3.51. The van der Waals surface area contributed by atoms with Gasteiger partial charge in [-0.3, -0.25) is 4.79 Å². The molecule has 1 aliphatic carbocycles. The molecule has 0 saturated heterocycles. The number of guanidine groups is 1. The van der Waals surface area contributed by atoms with E-state index in [1.165, 1.54) is 23.3 Å². The Morgan fingerprint density at radius 3 is 2.45 bits per heavy atom. The summed E-state index contributed by atoms with van der Waals surface area (Å²) >= 11 is 1.72. The molecule has 0 radical (unpaired) electrons. The largest absolute Gasteiger partial charge is 0.354 e. The van der Waals surface area contributed by atoms with Crippen molar-refractivity contribution < 1.29 is 4.79 Å². The van der Waals surface area contributed by atoms with Crippen molar-refractivity contribution in [2.45, 2.75) is 44.2 Å². The molecule has 0 spiro atoms. The summed E-state index contributed by atoms with van der Waals surface area (Å²) in [5, 5.41) is 9.01. The van der Waals surface area contributed by atoms with E-state index in [2.05, 4.69) is 57.4 Å². The third-order valence-electron chi connectivity index (χ3n) is 5.22. The van der Waals surface area contributed by atoms with Crippen molar-refractivity contribution in [1.29, 1.82) is 0 Å². The smallest absolute Gasteiger partial charge is 0.243 e. The number of benzene rings is 1. The van der Waals surface area contributed by atoms with E-state index in [0.29, 0.717) is 12.0 Å². The highest BCUT2D eigenvalue weighted by Crippen LogP contribution is 2.32. The lowest BCUT2D eigenvalue weighted by atomic mass is 9.82. The molecule has 1 aromatic carbocycles. The summed E-state index contributed by atoms with van der Waals surface area (Å²) in [6, 6.07) is 15.3. The first kappa shape index (κ1) is 23.7. The van der Waals surface area contributed by atoms with Crippen molar-refractivity contribution >= 4 is 47.2 Å². The standard InChI is InChI=1S/C22H30N4OS.HI/c1-26(2)21(27)16-24-22(23-15-20-9-6-14-28-20)25-19-12-10-18(11-13-19)17-7-4-3-5-8-17;/h3-9,14,18-19H,10-13,15-16H2,1-2H3,(H2,23,24,25);1H. The Hall–Kier alpha value is -1.61. The number of hydrogen-bond acceptors (Lipinski definition) is 3. The molecule has 1 amide bonds. The summed E-state index contributed by atoms with van der Waals surface area (Å²) in [6.07, 6.45) is 4.58. The Morgan fingerprint density at radius 1 is 1.10 bits per heavy atom. The summed E-state index contributed by atoms with van der Waals surface area (Å²) in [7, 11) is 3.52. The van der Waals surface area contributed by atoms with E-state index in [-0.39, 0.29) is 36.4 Å². The lowest BCUT2D eigenvalue weighted by Gasteiger charge is -2.30. The van der Waals surface area contributed by atoms with Crippen LogP contribution in [0.15, 0.2) is 52.8 Å². The first-order valence-corrected chi connectivity index (χ1v) is 10.8. The predicted molar refractivity (Wildman–Crippen MR) is 132 cm³/mol. The lowest BCUT2D eigenvalue weighted by Crippen LogP contribution is -2.45. The zero-order valence-corrected chi connectivity index (χ0v) is 20.3. The van der Waals surface area contributed by atoms with Gasteiger partial charge in [0.15, 0.2) is 5.96 Å². The predicted octanol–water partition coefficient (Wildman–Crippen LogP) is 4.22. The average Bonchev–Trinajstić information content (AvgIpc) is 3.24. The van der Waals surface area contributed by atoms with Crippen LogP contribution in [0.1, 0.15) is 42.0 Å². The normalized spacial score (nSPS) is 19.2. The SMILES string of the molecule is CN(C)C(=O)CN=C(NCc1cccs1)NC1CCC(c2ccccc2)CC1.I. The highest BCUT2D eigenvalue weighted by Gasteiger charge is 2.23. The topological polar surface area (TPSA) is 56.7 Å². The van der Waals surface area contributed by atoms with Gasteiger partial charge in [0.25, 0.3) is 0 Å². The number of nitrogens with zero attached hydrogens (tertiary/aromatic N) is 2. The van der Waals surface area contributed by atoms with Crippen LogP contribution in [0.25, 0.3) is 0 Å². The summed E-state index contributed by atoms with van der Waals surface area (Å²) in [4.78, 5) is 19.3. The third-order valence-corrected chi connectivity index (χ3v) is 6.10. The fourth-order valence-corrected chi connectivity index (χ4v) is 4.16. The van der Waals surface area contributed by atoms with Crippen LogP contribution in [0.3, 0.4) is 0 Å². The molecule has 2 aromatic rings. The van der Waals surface area contributed by atoms with Crippen LogP contribution in [0.4, 0.5) is 0 Å². The molecule has 0 unspecified atom stereocenters. The van der Waals surface area contributed by atoms with Gasteiger partial charge < -0.3 is 15.5 Å². The maximum absolute atomic E-state index is 11.9. The minimum absolute atomic E-state index is 0. The van der Waals surface area contributed by atoms with E-state index in [0.717, 1.165) is 25.3 Å². The first-order valence-electron chi connectivity index (χ1n) is 9.94. The number of carbonyl (C=O) groups excluding carboxylic acids is 1. The zero-order valence-electron chi connectivity index (χ0n) is 17.1. The Kier molecular flexibility index (Phi) is 9.93. The lowest BCUT2D eigenvalue weighted by molar-refractivity contribution is -0.127. The number of thiophene rings is 1. The Balaban J connectivity index is 0.00000300. The third kappa shape index (κ3) is 7.62. The van der Waals surface area contributed by atoms with Crippen molar-refractivity contribution in [3.8, 4) is 0 Å². The molecule has 1 saturated carbocycles. The quantitative estimate of drug-likeness (QED) is 0.337. The Bertz CT molecular complexity index is 756. The second-order valence-electron chi connectivity index (χ2n) is 7.49. The molecule has 0 aliphatic heterocycles. The van der Waals surface area contributed by atoms with Gasteiger partial charge in [0, 0.05) is 25.0 Å². The number of nitrogens with one attached hydrogen (secondary N) is 2. The highest BCUT2D eigenvalue weighted by atomic mass is 127. The molecule has 1 heterocycles. The molecule has 7 heteroatoms. The maximum Gasteiger partial charge on any atom is 0.243 e. The molecule has 1 aromatic heterocycles. The molecule has 5 nitrogen and oxygen atoms in total. The van der Waals surface area contributed by atoms with Crippen LogP contribution >= 0.6 is 35.3 Å². The van der Waals surface area contributed by atoms with Crippen molar-refractivity contribution in [1.82, 2.24) is 15.5 Å².